The van der Waals surface area contributed by atoms with Gasteiger partial charge in [0.15, 0.2) is 0 Å². The summed E-state index contributed by atoms with van der Waals surface area (Å²) in [6, 6.07) is 21.8. The molecule has 7 heteroatoms. The van der Waals surface area contributed by atoms with Crippen molar-refractivity contribution in [2.24, 2.45) is 0 Å². The molecule has 3 aromatic carbocycles. The number of hydrogen-bond acceptors (Lipinski definition) is 5. The maximum absolute atomic E-state index is 12.3. The van der Waals surface area contributed by atoms with Gasteiger partial charge in [-0.2, -0.15) is 0 Å². The molecule has 0 aliphatic heterocycles. The third kappa shape index (κ3) is 8.36. The topological polar surface area (TPSA) is 111 Å². The molecule has 2 atom stereocenters. The summed E-state index contributed by atoms with van der Waals surface area (Å²) in [5.41, 5.74) is 7.02. The number of carbonyl (C=O) groups is 2. The summed E-state index contributed by atoms with van der Waals surface area (Å²) in [5.74, 6) is 4.73. The van der Waals surface area contributed by atoms with E-state index in [1.165, 1.54) is 29.1 Å². The largest absolute Gasteiger partial charge is 0.391 e. The summed E-state index contributed by atoms with van der Waals surface area (Å²) in [7, 11) is 0. The minimum atomic E-state index is -1.27. The zero-order valence-electron chi connectivity index (χ0n) is 19.7. The van der Waals surface area contributed by atoms with Crippen LogP contribution in [-0.2, 0) is 17.9 Å². The van der Waals surface area contributed by atoms with Crippen LogP contribution in [0.5, 0.6) is 0 Å². The van der Waals surface area contributed by atoms with Crippen molar-refractivity contribution >= 4 is 11.8 Å². The van der Waals surface area contributed by atoms with Crippen LogP contribution in [0.3, 0.4) is 0 Å². The average molecular weight is 488 g/mol. The summed E-state index contributed by atoms with van der Waals surface area (Å²) in [6.45, 7) is 5.00. The monoisotopic (exact) mass is 487 g/mol. The lowest BCUT2D eigenvalue weighted by atomic mass is 10.1. The van der Waals surface area contributed by atoms with Gasteiger partial charge in [-0.3, -0.25) is 14.8 Å². The van der Waals surface area contributed by atoms with Crippen molar-refractivity contribution in [3.63, 3.8) is 0 Å². The molecule has 0 bridgehead atoms. The summed E-state index contributed by atoms with van der Waals surface area (Å²) < 4.78 is 0. The number of aliphatic hydroxyl groups excluding tert-OH is 1. The van der Waals surface area contributed by atoms with Gasteiger partial charge < -0.3 is 15.7 Å². The van der Waals surface area contributed by atoms with E-state index in [1.807, 2.05) is 24.3 Å². The highest BCUT2D eigenvalue weighted by Gasteiger charge is 2.25. The molecule has 0 saturated carbocycles. The van der Waals surface area contributed by atoms with E-state index in [0.717, 1.165) is 24.2 Å². The Morgan fingerprint density at radius 3 is 2.03 bits per heavy atom. The Morgan fingerprint density at radius 2 is 1.47 bits per heavy atom. The van der Waals surface area contributed by atoms with Crippen LogP contribution in [0, 0.1) is 18.8 Å². The molecule has 0 spiro atoms. The van der Waals surface area contributed by atoms with Crippen molar-refractivity contribution in [1.82, 2.24) is 16.1 Å². The maximum Gasteiger partial charge on any atom is 0.268 e. The van der Waals surface area contributed by atoms with Crippen LogP contribution in [0.25, 0.3) is 0 Å². The smallest absolute Gasteiger partial charge is 0.268 e. The summed E-state index contributed by atoms with van der Waals surface area (Å²) in [4.78, 5) is 23.9. The Kier molecular flexibility index (Phi) is 10.8. The SMILES string of the molecule is C.Cc1cccc(CNCc2ccc(C#Cc3ccc(C(=O)N[C@H](C(=O)NO)[C@@H](C)O)cc3)cc2)c1. The number of nitrogens with one attached hydrogen (secondary N) is 3. The van der Waals surface area contributed by atoms with E-state index in [0.29, 0.717) is 5.56 Å². The van der Waals surface area contributed by atoms with Gasteiger partial charge in [0.05, 0.1) is 6.10 Å². The average Bonchev–Trinajstić information content (AvgIpc) is 2.86. The minimum Gasteiger partial charge on any atom is -0.391 e. The Balaban J connectivity index is 0.00000456. The fraction of sp³-hybridized carbons (Fsp3) is 0.241. The summed E-state index contributed by atoms with van der Waals surface area (Å²) >= 11 is 0. The second-order valence-electron chi connectivity index (χ2n) is 8.28. The molecule has 0 heterocycles. The molecule has 0 radical (unpaired) electrons. The van der Waals surface area contributed by atoms with Gasteiger partial charge in [-0.15, -0.1) is 0 Å². The van der Waals surface area contributed by atoms with Crippen LogP contribution in [-0.4, -0.2) is 34.3 Å². The van der Waals surface area contributed by atoms with Gasteiger partial charge in [-0.25, -0.2) is 5.48 Å². The van der Waals surface area contributed by atoms with Crippen molar-refractivity contribution in [2.45, 2.75) is 46.5 Å². The minimum absolute atomic E-state index is 0. The van der Waals surface area contributed by atoms with E-state index in [1.54, 1.807) is 24.3 Å². The van der Waals surface area contributed by atoms with Gasteiger partial charge in [0.1, 0.15) is 6.04 Å². The van der Waals surface area contributed by atoms with Crippen molar-refractivity contribution < 1.29 is 19.9 Å². The van der Waals surface area contributed by atoms with Gasteiger partial charge in [0.2, 0.25) is 0 Å². The number of hydrogen-bond donors (Lipinski definition) is 5. The molecule has 0 aromatic heterocycles. The zero-order valence-corrected chi connectivity index (χ0v) is 19.7. The number of aliphatic hydroxyl groups is 1. The molecule has 0 saturated heterocycles. The van der Waals surface area contributed by atoms with Crippen LogP contribution in [0.4, 0.5) is 0 Å². The van der Waals surface area contributed by atoms with Crippen molar-refractivity contribution in [1.29, 1.82) is 0 Å². The highest BCUT2D eigenvalue weighted by Crippen LogP contribution is 2.08. The Morgan fingerprint density at radius 1 is 0.889 bits per heavy atom. The van der Waals surface area contributed by atoms with Crippen LogP contribution in [0.2, 0.25) is 0 Å². The summed E-state index contributed by atoms with van der Waals surface area (Å²) in [6.07, 6.45) is -1.17. The van der Waals surface area contributed by atoms with Crippen molar-refractivity contribution in [3.8, 4) is 11.8 Å². The van der Waals surface area contributed by atoms with E-state index >= 15 is 0 Å². The second kappa shape index (κ2) is 13.8. The molecule has 0 aliphatic carbocycles. The van der Waals surface area contributed by atoms with E-state index in [2.05, 4.69) is 53.7 Å². The first-order valence-corrected chi connectivity index (χ1v) is 11.3. The number of hydroxylamine groups is 1. The van der Waals surface area contributed by atoms with Crippen molar-refractivity contribution in [2.75, 3.05) is 0 Å². The molecule has 3 rings (SSSR count). The first kappa shape index (κ1) is 28.3. The Bertz CT molecular complexity index is 1210. The molecule has 0 fully saturated rings. The number of rotatable bonds is 8. The summed E-state index contributed by atoms with van der Waals surface area (Å²) in [5, 5.41) is 24.2. The second-order valence-corrected chi connectivity index (χ2v) is 8.28. The lowest BCUT2D eigenvalue weighted by Gasteiger charge is -2.19. The molecule has 7 nitrogen and oxygen atoms in total. The fourth-order valence-corrected chi connectivity index (χ4v) is 3.43. The lowest BCUT2D eigenvalue weighted by molar-refractivity contribution is -0.133. The predicted octanol–water partition coefficient (Wildman–Crippen LogP) is 3.31. The van der Waals surface area contributed by atoms with Crippen LogP contribution in [0.1, 0.15) is 52.5 Å². The first-order valence-electron chi connectivity index (χ1n) is 11.3. The van der Waals surface area contributed by atoms with Crippen molar-refractivity contribution in [3.05, 3.63) is 106 Å². The van der Waals surface area contributed by atoms with Crippen LogP contribution >= 0.6 is 0 Å². The molecule has 0 unspecified atom stereocenters. The predicted molar refractivity (Wildman–Crippen MR) is 140 cm³/mol. The molecular formula is C29H33N3O4. The van der Waals surface area contributed by atoms with Gasteiger partial charge in [-0.1, -0.05) is 61.2 Å². The molecule has 5 N–H and O–H groups in total. The number of amides is 2. The molecule has 3 aromatic rings. The third-order valence-corrected chi connectivity index (χ3v) is 5.35. The lowest BCUT2D eigenvalue weighted by Crippen LogP contribution is -2.51. The van der Waals surface area contributed by atoms with Crippen LogP contribution in [0.15, 0.2) is 72.8 Å². The van der Waals surface area contributed by atoms with E-state index < -0.39 is 24.0 Å². The quantitative estimate of drug-likeness (QED) is 0.190. The zero-order chi connectivity index (χ0) is 25.2. The van der Waals surface area contributed by atoms with E-state index in [9.17, 15) is 14.7 Å². The fourth-order valence-electron chi connectivity index (χ4n) is 3.43. The highest BCUT2D eigenvalue weighted by molar-refractivity contribution is 5.97. The molecule has 36 heavy (non-hydrogen) atoms. The highest BCUT2D eigenvalue weighted by atomic mass is 16.5. The standard InChI is InChI=1S/C28H29N3O4.CH4/c1-19-4-3-5-24(16-19)18-29-17-23-10-8-21(9-11-23)6-7-22-12-14-25(15-13-22)27(33)30-26(20(2)32)28(34)31-35;/h3-5,8-16,20,26,29,32,35H,17-18H2,1-2H3,(H,30,33)(H,31,34);1H4/t20-,26+;/m1./s1. The Hall–Kier alpha value is -3.96. The number of carbonyl (C=O) groups excluding carboxylic acids is 2. The Labute approximate surface area is 212 Å². The molecule has 188 valence electrons. The normalized spacial score (nSPS) is 11.8. The van der Waals surface area contributed by atoms with E-state index in [-0.39, 0.29) is 7.43 Å². The molecule has 2 amide bonds. The van der Waals surface area contributed by atoms with Crippen LogP contribution < -0.4 is 16.1 Å². The third-order valence-electron chi connectivity index (χ3n) is 5.35. The number of aryl methyl sites for hydroxylation is 1. The van der Waals surface area contributed by atoms with Gasteiger partial charge in [-0.05, 0) is 61.4 Å². The maximum atomic E-state index is 12.3. The first-order chi connectivity index (χ1) is 16.9. The molecular weight excluding hydrogens is 454 g/mol. The molecule has 0 aliphatic rings. The van der Waals surface area contributed by atoms with Gasteiger partial charge in [0, 0.05) is 29.8 Å². The number of benzene rings is 3. The van der Waals surface area contributed by atoms with E-state index in [4.69, 9.17) is 5.21 Å². The van der Waals surface area contributed by atoms with Gasteiger partial charge in [0.25, 0.3) is 11.8 Å². The van der Waals surface area contributed by atoms with Gasteiger partial charge >= 0.3 is 0 Å².